The summed E-state index contributed by atoms with van der Waals surface area (Å²) in [6.07, 6.45) is 0.936. The summed E-state index contributed by atoms with van der Waals surface area (Å²) in [4.78, 5) is 0. The largest absolute Gasteiger partial charge is 0.497 e. The minimum absolute atomic E-state index is 0.0314. The van der Waals surface area contributed by atoms with E-state index in [-0.39, 0.29) is 10.1 Å². The van der Waals surface area contributed by atoms with Crippen molar-refractivity contribution in [2.75, 3.05) is 19.0 Å². The minimum atomic E-state index is -3.49. The van der Waals surface area contributed by atoms with E-state index in [1.165, 1.54) is 0 Å². The third-order valence-corrected chi connectivity index (χ3v) is 5.70. The van der Waals surface area contributed by atoms with Crippen LogP contribution >= 0.6 is 11.3 Å². The third kappa shape index (κ3) is 4.15. The van der Waals surface area contributed by atoms with E-state index in [1.807, 2.05) is 6.92 Å². The molecule has 0 aliphatic rings. The molecule has 0 fully saturated rings. The van der Waals surface area contributed by atoms with Gasteiger partial charge in [-0.15, -0.1) is 10.2 Å². The summed E-state index contributed by atoms with van der Waals surface area (Å²) in [6, 6.07) is 6.98. The van der Waals surface area contributed by atoms with Crippen LogP contribution in [0.15, 0.2) is 28.6 Å². The zero-order chi connectivity index (χ0) is 15.3. The summed E-state index contributed by atoms with van der Waals surface area (Å²) >= 11 is 1.06. The number of sulfone groups is 1. The van der Waals surface area contributed by atoms with Gasteiger partial charge in [-0.2, -0.15) is 0 Å². The monoisotopic (exact) mass is 327 g/mol. The Hall–Kier alpha value is -1.67. The molecule has 1 heterocycles. The molecule has 0 bridgehead atoms. The smallest absolute Gasteiger partial charge is 0.234 e. The molecule has 114 valence electrons. The van der Waals surface area contributed by atoms with Crippen LogP contribution in [-0.4, -0.2) is 32.3 Å². The second-order valence-corrected chi connectivity index (χ2v) is 7.55. The van der Waals surface area contributed by atoms with Crippen LogP contribution in [0.3, 0.4) is 0 Å². The van der Waals surface area contributed by atoms with E-state index >= 15 is 0 Å². The normalized spacial score (nSPS) is 11.3. The van der Waals surface area contributed by atoms with Gasteiger partial charge in [0.1, 0.15) is 5.75 Å². The fourth-order valence-electron chi connectivity index (χ4n) is 1.68. The molecule has 1 aromatic carbocycles. The zero-order valence-corrected chi connectivity index (χ0v) is 13.5. The number of nitrogens with one attached hydrogen (secondary N) is 1. The van der Waals surface area contributed by atoms with E-state index in [0.717, 1.165) is 24.3 Å². The highest BCUT2D eigenvalue weighted by atomic mass is 32.2. The molecular weight excluding hydrogens is 310 g/mol. The number of nitrogens with zero attached hydrogens (tertiary/aromatic N) is 2. The molecule has 2 aromatic rings. The van der Waals surface area contributed by atoms with Crippen molar-refractivity contribution < 1.29 is 13.2 Å². The molecule has 0 spiro atoms. The maximum Gasteiger partial charge on any atom is 0.234 e. The third-order valence-electron chi connectivity index (χ3n) is 2.69. The molecule has 0 atom stereocenters. The first-order valence-electron chi connectivity index (χ1n) is 6.48. The summed E-state index contributed by atoms with van der Waals surface area (Å²) in [5.41, 5.74) is 0.660. The summed E-state index contributed by atoms with van der Waals surface area (Å²) in [5.74, 6) is 0.511. The van der Waals surface area contributed by atoms with Crippen LogP contribution in [0.5, 0.6) is 5.75 Å². The molecule has 8 heteroatoms. The first-order valence-corrected chi connectivity index (χ1v) is 8.95. The van der Waals surface area contributed by atoms with Gasteiger partial charge in [0.05, 0.1) is 12.9 Å². The Bertz CT molecular complexity index is 698. The summed E-state index contributed by atoms with van der Waals surface area (Å²) in [6.45, 7) is 2.76. The average Bonchev–Trinajstić information content (AvgIpc) is 2.94. The van der Waals surface area contributed by atoms with Crippen LogP contribution in [0.4, 0.5) is 5.13 Å². The van der Waals surface area contributed by atoms with Gasteiger partial charge in [0.2, 0.25) is 19.3 Å². The van der Waals surface area contributed by atoms with Gasteiger partial charge in [-0.1, -0.05) is 30.4 Å². The number of methoxy groups -OCH3 is 1. The maximum atomic E-state index is 12.3. The zero-order valence-electron chi connectivity index (χ0n) is 11.9. The summed E-state index contributed by atoms with van der Waals surface area (Å²) in [7, 11) is -1.95. The molecule has 0 saturated heterocycles. The summed E-state index contributed by atoms with van der Waals surface area (Å²) in [5, 5.41) is 11.2. The van der Waals surface area contributed by atoms with E-state index in [9.17, 15) is 8.42 Å². The number of benzene rings is 1. The van der Waals surface area contributed by atoms with E-state index in [1.54, 1.807) is 31.4 Å². The van der Waals surface area contributed by atoms with Crippen molar-refractivity contribution in [3.05, 3.63) is 29.8 Å². The van der Waals surface area contributed by atoms with Crippen molar-refractivity contribution in [2.45, 2.75) is 23.4 Å². The number of anilines is 1. The van der Waals surface area contributed by atoms with Gasteiger partial charge in [-0.05, 0) is 24.1 Å². The molecule has 0 saturated carbocycles. The fraction of sp³-hybridized carbons (Fsp3) is 0.385. The first-order chi connectivity index (χ1) is 10.0. The van der Waals surface area contributed by atoms with Crippen molar-refractivity contribution >= 4 is 26.3 Å². The van der Waals surface area contributed by atoms with Crippen molar-refractivity contribution in [1.82, 2.24) is 10.2 Å². The van der Waals surface area contributed by atoms with Crippen LogP contribution in [-0.2, 0) is 15.6 Å². The average molecular weight is 327 g/mol. The Labute approximate surface area is 128 Å². The Morgan fingerprint density at radius 1 is 1.33 bits per heavy atom. The number of hydrogen-bond donors (Lipinski definition) is 1. The SMILES string of the molecule is CCCNc1nnc(S(=O)(=O)Cc2cccc(OC)c2)s1. The van der Waals surface area contributed by atoms with Crippen LogP contribution in [0.25, 0.3) is 0 Å². The van der Waals surface area contributed by atoms with Crippen LogP contribution in [0.2, 0.25) is 0 Å². The number of ether oxygens (including phenoxy) is 1. The Morgan fingerprint density at radius 2 is 2.14 bits per heavy atom. The predicted molar refractivity (Wildman–Crippen MR) is 82.6 cm³/mol. The number of aromatic nitrogens is 2. The van der Waals surface area contributed by atoms with E-state index in [2.05, 4.69) is 15.5 Å². The fourth-order valence-corrected chi connectivity index (χ4v) is 4.01. The molecule has 0 radical (unpaired) electrons. The number of rotatable bonds is 7. The Kier molecular flexibility index (Phi) is 5.13. The lowest BCUT2D eigenvalue weighted by molar-refractivity contribution is 0.414. The standard InChI is InChI=1S/C13H17N3O3S2/c1-3-7-14-12-15-16-13(20-12)21(17,18)9-10-5-4-6-11(8-10)19-2/h4-6,8H,3,7,9H2,1-2H3,(H,14,15). The molecule has 0 aliphatic heterocycles. The van der Waals surface area contributed by atoms with Crippen LogP contribution in [0.1, 0.15) is 18.9 Å². The van der Waals surface area contributed by atoms with Gasteiger partial charge in [-0.25, -0.2) is 8.42 Å². The molecule has 2 rings (SSSR count). The topological polar surface area (TPSA) is 81.2 Å². The van der Waals surface area contributed by atoms with Crippen molar-refractivity contribution in [3.63, 3.8) is 0 Å². The lowest BCUT2D eigenvalue weighted by Crippen LogP contribution is -2.04. The van der Waals surface area contributed by atoms with Gasteiger partial charge in [0.15, 0.2) is 0 Å². The first kappa shape index (κ1) is 15.7. The molecule has 1 N–H and O–H groups in total. The molecule has 0 unspecified atom stereocenters. The Balaban J connectivity index is 2.15. The lowest BCUT2D eigenvalue weighted by atomic mass is 10.2. The predicted octanol–water partition coefficient (Wildman–Crippen LogP) is 2.34. The highest BCUT2D eigenvalue weighted by Gasteiger charge is 2.21. The molecule has 1 aromatic heterocycles. The molecule has 0 amide bonds. The van der Waals surface area contributed by atoms with Gasteiger partial charge in [0, 0.05) is 6.54 Å². The van der Waals surface area contributed by atoms with Crippen molar-refractivity contribution in [2.24, 2.45) is 0 Å². The van der Waals surface area contributed by atoms with Crippen molar-refractivity contribution in [1.29, 1.82) is 0 Å². The molecule has 0 aliphatic carbocycles. The highest BCUT2D eigenvalue weighted by Crippen LogP contribution is 2.24. The number of hydrogen-bond acceptors (Lipinski definition) is 7. The minimum Gasteiger partial charge on any atom is -0.497 e. The van der Waals surface area contributed by atoms with E-state index < -0.39 is 9.84 Å². The van der Waals surface area contributed by atoms with Crippen LogP contribution in [0, 0.1) is 0 Å². The van der Waals surface area contributed by atoms with Gasteiger partial charge in [0.25, 0.3) is 0 Å². The second-order valence-electron chi connectivity index (χ2n) is 4.41. The molecular formula is C13H17N3O3S2. The van der Waals surface area contributed by atoms with Crippen LogP contribution < -0.4 is 10.1 Å². The quantitative estimate of drug-likeness (QED) is 0.840. The van der Waals surface area contributed by atoms with Gasteiger partial charge in [-0.3, -0.25) is 0 Å². The lowest BCUT2D eigenvalue weighted by Gasteiger charge is -2.03. The molecule has 21 heavy (non-hydrogen) atoms. The van der Waals surface area contributed by atoms with E-state index in [4.69, 9.17) is 4.74 Å². The van der Waals surface area contributed by atoms with Gasteiger partial charge >= 0.3 is 0 Å². The molecule has 6 nitrogen and oxygen atoms in total. The van der Waals surface area contributed by atoms with Crippen molar-refractivity contribution in [3.8, 4) is 5.75 Å². The van der Waals surface area contributed by atoms with Gasteiger partial charge < -0.3 is 10.1 Å². The van der Waals surface area contributed by atoms with E-state index in [0.29, 0.717) is 16.4 Å². The maximum absolute atomic E-state index is 12.3. The second kappa shape index (κ2) is 6.86. The Morgan fingerprint density at radius 3 is 2.86 bits per heavy atom. The summed E-state index contributed by atoms with van der Waals surface area (Å²) < 4.78 is 29.8. The highest BCUT2D eigenvalue weighted by molar-refractivity contribution is 7.92.